The summed E-state index contributed by atoms with van der Waals surface area (Å²) in [5.41, 5.74) is 1.36. The summed E-state index contributed by atoms with van der Waals surface area (Å²) in [4.78, 5) is 0. The Bertz CT molecular complexity index is 267. The van der Waals surface area contributed by atoms with Crippen LogP contribution in [-0.4, -0.2) is 0 Å². The van der Waals surface area contributed by atoms with Crippen LogP contribution in [-0.2, 0) is 6.42 Å². The van der Waals surface area contributed by atoms with Gasteiger partial charge in [0.1, 0.15) is 0 Å². The first-order chi connectivity index (χ1) is 6.43. The fourth-order valence-corrected chi connectivity index (χ4v) is 1.11. The molecule has 68 valence electrons. The highest BCUT2D eigenvalue weighted by Crippen LogP contribution is 1.99. The van der Waals surface area contributed by atoms with Crippen molar-refractivity contribution < 1.29 is 0 Å². The van der Waals surface area contributed by atoms with Crippen LogP contribution in [0.25, 0.3) is 0 Å². The predicted octanol–water partition coefficient (Wildman–Crippen LogP) is 3.75. The van der Waals surface area contributed by atoms with Gasteiger partial charge in [-0.3, -0.25) is 0 Å². The van der Waals surface area contributed by atoms with Gasteiger partial charge >= 0.3 is 0 Å². The van der Waals surface area contributed by atoms with Gasteiger partial charge in [0.25, 0.3) is 0 Å². The van der Waals surface area contributed by atoms with Gasteiger partial charge in [-0.25, -0.2) is 0 Å². The summed E-state index contributed by atoms with van der Waals surface area (Å²) in [6.45, 7) is 2.14. The monoisotopic (exact) mass is 172 g/mol. The molecule has 13 heavy (non-hydrogen) atoms. The van der Waals surface area contributed by atoms with E-state index in [0.29, 0.717) is 0 Å². The molecule has 0 radical (unpaired) electrons. The van der Waals surface area contributed by atoms with Crippen LogP contribution in [0.3, 0.4) is 0 Å². The molecule has 0 bridgehead atoms. The minimum absolute atomic E-state index is 1.02. The summed E-state index contributed by atoms with van der Waals surface area (Å²) in [5, 5.41) is 0. The summed E-state index contributed by atoms with van der Waals surface area (Å²) >= 11 is 0. The van der Waals surface area contributed by atoms with Crippen LogP contribution in [0.1, 0.15) is 18.9 Å². The summed E-state index contributed by atoms with van der Waals surface area (Å²) in [6.07, 6.45) is 10.7. The second-order valence-corrected chi connectivity index (χ2v) is 2.95. The van der Waals surface area contributed by atoms with Crippen molar-refractivity contribution >= 4 is 0 Å². The highest BCUT2D eigenvalue weighted by molar-refractivity contribution is 5.18. The number of rotatable bonds is 4. The van der Waals surface area contributed by atoms with Crippen LogP contribution in [0, 0.1) is 0 Å². The lowest BCUT2D eigenvalue weighted by molar-refractivity contribution is 1.22. The largest absolute Gasteiger partial charge is 0.0848 e. The zero-order valence-corrected chi connectivity index (χ0v) is 8.11. The van der Waals surface area contributed by atoms with Crippen molar-refractivity contribution in [1.82, 2.24) is 0 Å². The Balaban J connectivity index is 2.35. The van der Waals surface area contributed by atoms with Crippen molar-refractivity contribution in [3.8, 4) is 0 Å². The predicted molar refractivity (Wildman–Crippen MR) is 58.7 cm³/mol. The Morgan fingerprint density at radius 2 is 1.69 bits per heavy atom. The van der Waals surface area contributed by atoms with Gasteiger partial charge in [-0.05, 0) is 18.4 Å². The van der Waals surface area contributed by atoms with Crippen molar-refractivity contribution in [2.24, 2.45) is 0 Å². The summed E-state index contributed by atoms with van der Waals surface area (Å²) in [7, 11) is 0. The van der Waals surface area contributed by atoms with Crippen molar-refractivity contribution in [1.29, 1.82) is 0 Å². The first kappa shape index (κ1) is 9.79. The number of hydrogen-bond donors (Lipinski definition) is 0. The van der Waals surface area contributed by atoms with Crippen molar-refractivity contribution in [3.05, 3.63) is 60.2 Å². The minimum atomic E-state index is 1.02. The number of benzene rings is 1. The summed E-state index contributed by atoms with van der Waals surface area (Å²) in [6, 6.07) is 10.5. The van der Waals surface area contributed by atoms with E-state index in [0.717, 1.165) is 12.8 Å². The molecule has 0 aliphatic heterocycles. The fraction of sp³-hybridized carbons (Fsp3) is 0.231. The molecule has 1 aromatic rings. The van der Waals surface area contributed by atoms with Gasteiger partial charge in [-0.15, -0.1) is 0 Å². The molecule has 0 aromatic heterocycles. The smallest absolute Gasteiger partial charge is 0.00943 e. The molecule has 1 aromatic carbocycles. The molecular weight excluding hydrogens is 156 g/mol. The summed E-state index contributed by atoms with van der Waals surface area (Å²) < 4.78 is 0. The molecule has 0 amide bonds. The van der Waals surface area contributed by atoms with Crippen LogP contribution < -0.4 is 0 Å². The van der Waals surface area contributed by atoms with Gasteiger partial charge in [0.05, 0.1) is 0 Å². The van der Waals surface area contributed by atoms with E-state index in [4.69, 9.17) is 0 Å². The molecule has 0 N–H and O–H groups in total. The molecule has 0 heterocycles. The average molecular weight is 172 g/mol. The number of hydrogen-bond acceptors (Lipinski definition) is 0. The topological polar surface area (TPSA) is 0 Å². The van der Waals surface area contributed by atoms with Crippen LogP contribution in [0.5, 0.6) is 0 Å². The molecule has 0 spiro atoms. The SMILES string of the molecule is CCC=CC=CCc1ccccc1. The average Bonchev–Trinajstić information content (AvgIpc) is 2.19. The van der Waals surface area contributed by atoms with E-state index in [1.54, 1.807) is 0 Å². The van der Waals surface area contributed by atoms with Crippen molar-refractivity contribution in [2.45, 2.75) is 19.8 Å². The van der Waals surface area contributed by atoms with Gasteiger partial charge < -0.3 is 0 Å². The molecule has 1 rings (SSSR count). The second-order valence-electron chi connectivity index (χ2n) is 2.95. The number of allylic oxidation sites excluding steroid dienone is 4. The van der Waals surface area contributed by atoms with Gasteiger partial charge in [-0.1, -0.05) is 61.6 Å². The second kappa shape index (κ2) is 6.24. The maximum atomic E-state index is 2.18. The molecule has 0 aliphatic rings. The highest BCUT2D eigenvalue weighted by Gasteiger charge is 1.83. The third kappa shape index (κ3) is 4.32. The Morgan fingerprint density at radius 3 is 2.38 bits per heavy atom. The normalized spacial score (nSPS) is 11.5. The zero-order valence-electron chi connectivity index (χ0n) is 8.11. The van der Waals surface area contributed by atoms with E-state index in [1.165, 1.54) is 5.56 Å². The van der Waals surface area contributed by atoms with E-state index in [-0.39, 0.29) is 0 Å². The van der Waals surface area contributed by atoms with E-state index in [9.17, 15) is 0 Å². The van der Waals surface area contributed by atoms with Gasteiger partial charge in [-0.2, -0.15) is 0 Å². The van der Waals surface area contributed by atoms with E-state index >= 15 is 0 Å². The van der Waals surface area contributed by atoms with E-state index in [1.807, 2.05) is 6.07 Å². The molecule has 0 saturated carbocycles. The van der Waals surface area contributed by atoms with Gasteiger partial charge in [0, 0.05) is 0 Å². The van der Waals surface area contributed by atoms with Gasteiger partial charge in [0.15, 0.2) is 0 Å². The third-order valence-corrected chi connectivity index (χ3v) is 1.82. The standard InChI is InChI=1S/C13H16/c1-2-3-4-5-7-10-13-11-8-6-9-12-13/h3-9,11-12H,2,10H2,1H3. The highest BCUT2D eigenvalue weighted by atomic mass is 13.9. The zero-order chi connectivity index (χ0) is 9.36. The summed E-state index contributed by atoms with van der Waals surface area (Å²) in [5.74, 6) is 0. The molecule has 0 heteroatoms. The quantitative estimate of drug-likeness (QED) is 0.607. The fourth-order valence-electron chi connectivity index (χ4n) is 1.11. The molecule has 0 nitrogen and oxygen atoms in total. The molecular formula is C13H16. The maximum Gasteiger partial charge on any atom is -0.00943 e. The van der Waals surface area contributed by atoms with E-state index in [2.05, 4.69) is 55.5 Å². The third-order valence-electron chi connectivity index (χ3n) is 1.82. The lowest BCUT2D eigenvalue weighted by Gasteiger charge is -1.92. The van der Waals surface area contributed by atoms with Crippen LogP contribution >= 0.6 is 0 Å². The minimum Gasteiger partial charge on any atom is -0.0848 e. The van der Waals surface area contributed by atoms with Crippen LogP contribution in [0.15, 0.2) is 54.6 Å². The van der Waals surface area contributed by atoms with Crippen molar-refractivity contribution in [3.63, 3.8) is 0 Å². The first-order valence-electron chi connectivity index (χ1n) is 4.79. The lowest BCUT2D eigenvalue weighted by atomic mass is 10.1. The van der Waals surface area contributed by atoms with E-state index < -0.39 is 0 Å². The molecule has 0 aliphatic carbocycles. The Kier molecular flexibility index (Phi) is 4.70. The first-order valence-corrected chi connectivity index (χ1v) is 4.79. The molecule has 0 saturated heterocycles. The Hall–Kier alpha value is -1.30. The Morgan fingerprint density at radius 1 is 1.00 bits per heavy atom. The van der Waals surface area contributed by atoms with Crippen molar-refractivity contribution in [2.75, 3.05) is 0 Å². The molecule has 0 unspecified atom stereocenters. The van der Waals surface area contributed by atoms with Crippen LogP contribution in [0.4, 0.5) is 0 Å². The molecule has 0 atom stereocenters. The van der Waals surface area contributed by atoms with Gasteiger partial charge in [0.2, 0.25) is 0 Å². The lowest BCUT2D eigenvalue weighted by Crippen LogP contribution is -1.77. The molecule has 0 fully saturated rings. The van der Waals surface area contributed by atoms with Crippen LogP contribution in [0.2, 0.25) is 0 Å². The maximum absolute atomic E-state index is 2.18. The Labute approximate surface area is 80.6 Å².